The number of benzene rings is 1. The van der Waals surface area contributed by atoms with E-state index in [4.69, 9.17) is 17.3 Å². The summed E-state index contributed by atoms with van der Waals surface area (Å²) in [4.78, 5) is 13.9. The highest BCUT2D eigenvalue weighted by Gasteiger charge is 2.27. The lowest BCUT2D eigenvalue weighted by Gasteiger charge is -2.21. The van der Waals surface area contributed by atoms with Crippen LogP contribution in [0.2, 0.25) is 5.02 Å². The molecule has 0 spiro atoms. The molecule has 1 aromatic carbocycles. The van der Waals surface area contributed by atoms with Gasteiger partial charge in [0.1, 0.15) is 0 Å². The van der Waals surface area contributed by atoms with Crippen molar-refractivity contribution in [3.63, 3.8) is 0 Å². The average molecular weight is 317 g/mol. The molecule has 1 amide bonds. The van der Waals surface area contributed by atoms with E-state index < -0.39 is 0 Å². The molecule has 2 rings (SSSR count). The molecule has 1 fully saturated rings. The maximum Gasteiger partial charge on any atom is 0.222 e. The Morgan fingerprint density at radius 3 is 2.55 bits per heavy atom. The molecule has 1 aliphatic rings. The fourth-order valence-corrected chi connectivity index (χ4v) is 2.78. The first-order valence-electron chi connectivity index (χ1n) is 6.80. The normalized spacial score (nSPS) is 21.4. The van der Waals surface area contributed by atoms with Crippen molar-refractivity contribution >= 4 is 29.9 Å². The van der Waals surface area contributed by atoms with E-state index >= 15 is 0 Å². The van der Waals surface area contributed by atoms with Crippen LogP contribution in [0.15, 0.2) is 24.3 Å². The summed E-state index contributed by atoms with van der Waals surface area (Å²) in [6.07, 6.45) is 3.87. The van der Waals surface area contributed by atoms with Crippen molar-refractivity contribution in [2.24, 2.45) is 11.7 Å². The molecule has 0 unspecified atom stereocenters. The molecule has 1 aromatic rings. The first kappa shape index (κ1) is 17.3. The average Bonchev–Trinajstić information content (AvgIpc) is 2.78. The summed E-state index contributed by atoms with van der Waals surface area (Å²) < 4.78 is 0. The summed E-state index contributed by atoms with van der Waals surface area (Å²) in [6, 6.07) is 7.80. The predicted octanol–water partition coefficient (Wildman–Crippen LogP) is 3.24. The molecule has 0 bridgehead atoms. The topological polar surface area (TPSA) is 46.3 Å². The minimum atomic E-state index is 0. The van der Waals surface area contributed by atoms with Gasteiger partial charge in [0.25, 0.3) is 0 Å². The monoisotopic (exact) mass is 316 g/mol. The Bertz CT molecular complexity index is 436. The zero-order valence-corrected chi connectivity index (χ0v) is 13.3. The molecule has 0 aromatic heterocycles. The Morgan fingerprint density at radius 2 is 2.00 bits per heavy atom. The number of rotatable bonds is 4. The van der Waals surface area contributed by atoms with Crippen LogP contribution < -0.4 is 5.73 Å². The maximum absolute atomic E-state index is 12.2. The zero-order chi connectivity index (χ0) is 13.8. The molecular formula is C15H22Cl2N2O. The van der Waals surface area contributed by atoms with E-state index in [1.165, 1.54) is 0 Å². The van der Waals surface area contributed by atoms with Crippen LogP contribution in [-0.4, -0.2) is 23.9 Å². The quantitative estimate of drug-likeness (QED) is 0.927. The molecule has 1 aliphatic carbocycles. The molecular weight excluding hydrogens is 295 g/mol. The van der Waals surface area contributed by atoms with E-state index in [1.807, 2.05) is 31.3 Å². The fraction of sp³-hybridized carbons (Fsp3) is 0.533. The highest BCUT2D eigenvalue weighted by Crippen LogP contribution is 2.27. The van der Waals surface area contributed by atoms with Crippen molar-refractivity contribution in [2.45, 2.75) is 38.3 Å². The molecule has 0 heterocycles. The second-order valence-corrected chi connectivity index (χ2v) is 5.87. The largest absolute Gasteiger partial charge is 0.341 e. The highest BCUT2D eigenvalue weighted by atomic mass is 35.5. The van der Waals surface area contributed by atoms with Crippen LogP contribution >= 0.6 is 24.0 Å². The minimum Gasteiger partial charge on any atom is -0.341 e. The number of hydrogen-bond donors (Lipinski definition) is 1. The predicted molar refractivity (Wildman–Crippen MR) is 85.1 cm³/mol. The van der Waals surface area contributed by atoms with Gasteiger partial charge in [-0.2, -0.15) is 0 Å². The molecule has 0 aliphatic heterocycles. The third-order valence-corrected chi connectivity index (χ3v) is 4.17. The molecule has 2 atom stereocenters. The number of halogens is 2. The fourth-order valence-electron chi connectivity index (χ4n) is 2.65. The van der Waals surface area contributed by atoms with Gasteiger partial charge in [-0.3, -0.25) is 4.79 Å². The second-order valence-electron chi connectivity index (χ2n) is 5.44. The van der Waals surface area contributed by atoms with Crippen LogP contribution in [0.25, 0.3) is 0 Å². The second kappa shape index (κ2) is 7.87. The standard InChI is InChI=1S/C15H21ClN2O.ClH/c1-18(10-11-5-7-13(16)8-6-11)15(19)9-12-3-2-4-14(12)17;/h5-8,12,14H,2-4,9-10,17H2,1H3;1H/t12-,14+;/m0./s1. The van der Waals surface area contributed by atoms with Gasteiger partial charge in [-0.1, -0.05) is 30.2 Å². The Kier molecular flexibility index (Phi) is 6.80. The number of carbonyl (C=O) groups excluding carboxylic acids is 1. The van der Waals surface area contributed by atoms with E-state index in [-0.39, 0.29) is 24.4 Å². The molecule has 3 nitrogen and oxygen atoms in total. The lowest BCUT2D eigenvalue weighted by molar-refractivity contribution is -0.131. The Balaban J connectivity index is 0.00000200. The Hall–Kier alpha value is -0.770. The van der Waals surface area contributed by atoms with Crippen molar-refractivity contribution in [3.8, 4) is 0 Å². The van der Waals surface area contributed by atoms with Gasteiger partial charge in [0.2, 0.25) is 5.91 Å². The summed E-state index contributed by atoms with van der Waals surface area (Å²) in [7, 11) is 1.84. The van der Waals surface area contributed by atoms with Crippen molar-refractivity contribution < 1.29 is 4.79 Å². The van der Waals surface area contributed by atoms with Gasteiger partial charge in [-0.25, -0.2) is 0 Å². The van der Waals surface area contributed by atoms with Gasteiger partial charge in [0.15, 0.2) is 0 Å². The number of nitrogens with two attached hydrogens (primary N) is 1. The number of nitrogens with zero attached hydrogens (tertiary/aromatic N) is 1. The van der Waals surface area contributed by atoms with Crippen LogP contribution in [0.5, 0.6) is 0 Å². The van der Waals surface area contributed by atoms with E-state index in [0.717, 1.165) is 29.8 Å². The van der Waals surface area contributed by atoms with Gasteiger partial charge >= 0.3 is 0 Å². The van der Waals surface area contributed by atoms with E-state index in [9.17, 15) is 4.79 Å². The first-order valence-corrected chi connectivity index (χ1v) is 7.18. The van der Waals surface area contributed by atoms with Gasteiger partial charge < -0.3 is 10.6 Å². The lowest BCUT2D eigenvalue weighted by atomic mass is 9.99. The van der Waals surface area contributed by atoms with Crippen LogP contribution in [-0.2, 0) is 11.3 Å². The smallest absolute Gasteiger partial charge is 0.222 e. The summed E-state index contributed by atoms with van der Waals surface area (Å²) >= 11 is 5.85. The number of hydrogen-bond acceptors (Lipinski definition) is 2. The number of carbonyl (C=O) groups is 1. The van der Waals surface area contributed by atoms with Crippen LogP contribution in [0.4, 0.5) is 0 Å². The summed E-state index contributed by atoms with van der Waals surface area (Å²) in [5.74, 6) is 0.539. The van der Waals surface area contributed by atoms with Gasteiger partial charge in [0.05, 0.1) is 0 Å². The third-order valence-electron chi connectivity index (χ3n) is 3.91. The van der Waals surface area contributed by atoms with Crippen molar-refractivity contribution in [1.29, 1.82) is 0 Å². The molecule has 1 saturated carbocycles. The molecule has 2 N–H and O–H groups in total. The van der Waals surface area contributed by atoms with Crippen molar-refractivity contribution in [1.82, 2.24) is 4.90 Å². The zero-order valence-electron chi connectivity index (χ0n) is 11.7. The van der Waals surface area contributed by atoms with E-state index in [1.54, 1.807) is 4.90 Å². The molecule has 20 heavy (non-hydrogen) atoms. The molecule has 112 valence electrons. The van der Waals surface area contributed by atoms with Crippen molar-refractivity contribution in [3.05, 3.63) is 34.9 Å². The van der Waals surface area contributed by atoms with Crippen LogP contribution in [0, 0.1) is 5.92 Å². The Morgan fingerprint density at radius 1 is 1.35 bits per heavy atom. The lowest BCUT2D eigenvalue weighted by Crippen LogP contribution is -2.32. The first-order chi connectivity index (χ1) is 9.06. The van der Waals surface area contributed by atoms with Crippen LogP contribution in [0.3, 0.4) is 0 Å². The van der Waals surface area contributed by atoms with Crippen LogP contribution in [0.1, 0.15) is 31.2 Å². The van der Waals surface area contributed by atoms with Gasteiger partial charge in [-0.05, 0) is 36.5 Å². The van der Waals surface area contributed by atoms with Gasteiger partial charge in [0, 0.05) is 31.1 Å². The minimum absolute atomic E-state index is 0. The molecule has 0 radical (unpaired) electrons. The molecule has 0 saturated heterocycles. The van der Waals surface area contributed by atoms with E-state index in [2.05, 4.69) is 0 Å². The Labute approximate surface area is 131 Å². The summed E-state index contributed by atoms with van der Waals surface area (Å²) in [5, 5.41) is 0.717. The van der Waals surface area contributed by atoms with Crippen molar-refractivity contribution in [2.75, 3.05) is 7.05 Å². The maximum atomic E-state index is 12.2. The third kappa shape index (κ3) is 4.65. The van der Waals surface area contributed by atoms with Gasteiger partial charge in [-0.15, -0.1) is 12.4 Å². The summed E-state index contributed by atoms with van der Waals surface area (Å²) in [6.45, 7) is 0.623. The number of amides is 1. The summed E-state index contributed by atoms with van der Waals surface area (Å²) in [5.41, 5.74) is 7.10. The SMILES string of the molecule is CN(Cc1ccc(Cl)cc1)C(=O)C[C@@H]1CCC[C@H]1N.Cl. The van der Waals surface area contributed by atoms with E-state index in [0.29, 0.717) is 18.9 Å². The highest BCUT2D eigenvalue weighted by molar-refractivity contribution is 6.30. The molecule has 5 heteroatoms.